The molecule has 0 fully saturated rings. The molecule has 0 aliphatic rings. The van der Waals surface area contributed by atoms with E-state index in [-0.39, 0.29) is 11.3 Å². The molecular weight excluding hydrogens is 272 g/mol. The van der Waals surface area contributed by atoms with Crippen molar-refractivity contribution in [2.45, 2.75) is 39.7 Å². The number of hydrogen-bond acceptors (Lipinski definition) is 5. The van der Waals surface area contributed by atoms with Crippen molar-refractivity contribution in [1.82, 2.24) is 0 Å². The van der Waals surface area contributed by atoms with Crippen molar-refractivity contribution in [3.63, 3.8) is 0 Å². The molecule has 6 heteroatoms. The van der Waals surface area contributed by atoms with E-state index in [0.29, 0.717) is 25.5 Å². The molecule has 0 saturated heterocycles. The van der Waals surface area contributed by atoms with Gasteiger partial charge in [-0.2, -0.15) is 0 Å². The summed E-state index contributed by atoms with van der Waals surface area (Å²) in [6.45, 7) is 9.58. The van der Waals surface area contributed by atoms with Crippen molar-refractivity contribution in [1.29, 1.82) is 0 Å². The summed E-state index contributed by atoms with van der Waals surface area (Å²) in [5, 5.41) is 14.2. The van der Waals surface area contributed by atoms with Gasteiger partial charge in [0.1, 0.15) is 0 Å². The maximum atomic E-state index is 11.0. The smallest absolute Gasteiger partial charge is 0.311 e. The molecule has 0 amide bonds. The molecule has 0 aromatic heterocycles. The third kappa shape index (κ3) is 5.59. The standard InChI is InChI=1S/C15H24N2O4/c1-5-9-20-14-10-12(7-8-13(14)17(18)19)16-11-15(3,4)21-6-2/h7-8,10,16H,5-6,9,11H2,1-4H3. The van der Waals surface area contributed by atoms with E-state index in [9.17, 15) is 10.1 Å². The molecule has 1 aromatic rings. The summed E-state index contributed by atoms with van der Waals surface area (Å²) in [7, 11) is 0. The monoisotopic (exact) mass is 296 g/mol. The van der Waals surface area contributed by atoms with Crippen LogP contribution in [0.2, 0.25) is 0 Å². The van der Waals surface area contributed by atoms with Crippen LogP contribution in [0.15, 0.2) is 18.2 Å². The molecule has 0 aliphatic heterocycles. The average molecular weight is 296 g/mol. The highest BCUT2D eigenvalue weighted by Gasteiger charge is 2.19. The lowest BCUT2D eigenvalue weighted by Gasteiger charge is -2.25. The Hall–Kier alpha value is -1.82. The van der Waals surface area contributed by atoms with Gasteiger partial charge < -0.3 is 14.8 Å². The molecule has 0 heterocycles. The van der Waals surface area contributed by atoms with Gasteiger partial charge in [-0.3, -0.25) is 10.1 Å². The van der Waals surface area contributed by atoms with Gasteiger partial charge >= 0.3 is 5.69 Å². The Kier molecular flexibility index (Phi) is 6.42. The fourth-order valence-corrected chi connectivity index (χ4v) is 1.86. The van der Waals surface area contributed by atoms with Crippen molar-refractivity contribution in [2.75, 3.05) is 25.1 Å². The minimum absolute atomic E-state index is 0.0157. The molecule has 0 aliphatic carbocycles. The number of ether oxygens (including phenoxy) is 2. The van der Waals surface area contributed by atoms with Gasteiger partial charge in [0.2, 0.25) is 0 Å². The first kappa shape index (κ1) is 17.2. The number of nitrogens with one attached hydrogen (secondary N) is 1. The summed E-state index contributed by atoms with van der Waals surface area (Å²) < 4.78 is 11.1. The van der Waals surface area contributed by atoms with E-state index in [0.717, 1.165) is 12.1 Å². The Morgan fingerprint density at radius 3 is 2.62 bits per heavy atom. The van der Waals surface area contributed by atoms with Crippen molar-refractivity contribution in [2.24, 2.45) is 0 Å². The van der Waals surface area contributed by atoms with E-state index in [1.54, 1.807) is 12.1 Å². The van der Waals surface area contributed by atoms with Crippen LogP contribution in [0.4, 0.5) is 11.4 Å². The predicted molar refractivity (Wildman–Crippen MR) is 83.1 cm³/mol. The lowest BCUT2D eigenvalue weighted by atomic mass is 10.1. The quantitative estimate of drug-likeness (QED) is 0.556. The van der Waals surface area contributed by atoms with E-state index in [1.165, 1.54) is 6.07 Å². The number of nitro benzene ring substituents is 1. The van der Waals surface area contributed by atoms with Gasteiger partial charge in [0, 0.05) is 31.0 Å². The van der Waals surface area contributed by atoms with Crippen LogP contribution in [0.1, 0.15) is 34.1 Å². The SMILES string of the molecule is CCCOc1cc(NCC(C)(C)OCC)ccc1[N+](=O)[O-]. The molecule has 0 unspecified atom stereocenters. The normalized spacial score (nSPS) is 11.2. The molecule has 0 atom stereocenters. The highest BCUT2D eigenvalue weighted by molar-refractivity contribution is 5.58. The first-order valence-corrected chi connectivity index (χ1v) is 7.18. The zero-order valence-electron chi connectivity index (χ0n) is 13.1. The highest BCUT2D eigenvalue weighted by atomic mass is 16.6. The molecule has 21 heavy (non-hydrogen) atoms. The summed E-state index contributed by atoms with van der Waals surface area (Å²) in [6, 6.07) is 4.80. The summed E-state index contributed by atoms with van der Waals surface area (Å²) in [4.78, 5) is 10.6. The zero-order valence-corrected chi connectivity index (χ0v) is 13.1. The van der Waals surface area contributed by atoms with Gasteiger partial charge in [-0.05, 0) is 33.3 Å². The lowest BCUT2D eigenvalue weighted by Crippen LogP contribution is -2.33. The molecule has 0 bridgehead atoms. The van der Waals surface area contributed by atoms with Crippen LogP contribution in [0.25, 0.3) is 0 Å². The van der Waals surface area contributed by atoms with Crippen LogP contribution in [0, 0.1) is 10.1 Å². The van der Waals surface area contributed by atoms with Crippen LogP contribution in [0.5, 0.6) is 5.75 Å². The molecule has 1 aromatic carbocycles. The molecule has 1 N–H and O–H groups in total. The average Bonchev–Trinajstić information content (AvgIpc) is 2.42. The summed E-state index contributed by atoms with van der Waals surface area (Å²) in [6.07, 6.45) is 0.798. The van der Waals surface area contributed by atoms with Gasteiger partial charge in [0.05, 0.1) is 17.1 Å². The van der Waals surface area contributed by atoms with Gasteiger partial charge in [0.25, 0.3) is 0 Å². The Morgan fingerprint density at radius 1 is 1.33 bits per heavy atom. The summed E-state index contributed by atoms with van der Waals surface area (Å²) in [5.41, 5.74) is 0.457. The Balaban J connectivity index is 2.82. The number of nitro groups is 1. The maximum Gasteiger partial charge on any atom is 0.311 e. The first-order valence-electron chi connectivity index (χ1n) is 7.18. The topological polar surface area (TPSA) is 73.6 Å². The molecule has 118 valence electrons. The van der Waals surface area contributed by atoms with Crippen LogP contribution in [-0.2, 0) is 4.74 Å². The second-order valence-corrected chi connectivity index (χ2v) is 5.33. The Labute approximate surface area is 125 Å². The van der Waals surface area contributed by atoms with Crippen molar-refractivity contribution >= 4 is 11.4 Å². The second kappa shape index (κ2) is 7.83. The van der Waals surface area contributed by atoms with Gasteiger partial charge in [-0.25, -0.2) is 0 Å². The van der Waals surface area contributed by atoms with E-state index in [2.05, 4.69) is 5.32 Å². The lowest BCUT2D eigenvalue weighted by molar-refractivity contribution is -0.385. The molecule has 1 rings (SSSR count). The van der Waals surface area contributed by atoms with Crippen molar-refractivity contribution in [3.8, 4) is 5.75 Å². The minimum Gasteiger partial charge on any atom is -0.487 e. The highest BCUT2D eigenvalue weighted by Crippen LogP contribution is 2.30. The molecule has 6 nitrogen and oxygen atoms in total. The third-order valence-corrected chi connectivity index (χ3v) is 2.87. The first-order chi connectivity index (χ1) is 9.89. The Morgan fingerprint density at radius 2 is 2.05 bits per heavy atom. The van der Waals surface area contributed by atoms with Gasteiger partial charge in [-0.15, -0.1) is 0 Å². The summed E-state index contributed by atoms with van der Waals surface area (Å²) in [5.74, 6) is 0.293. The second-order valence-electron chi connectivity index (χ2n) is 5.33. The summed E-state index contributed by atoms with van der Waals surface area (Å²) >= 11 is 0. The van der Waals surface area contributed by atoms with Crippen molar-refractivity contribution in [3.05, 3.63) is 28.3 Å². The number of hydrogen-bond donors (Lipinski definition) is 1. The molecule has 0 spiro atoms. The predicted octanol–water partition coefficient (Wildman–Crippen LogP) is 3.61. The minimum atomic E-state index is -0.432. The van der Waals surface area contributed by atoms with E-state index in [4.69, 9.17) is 9.47 Å². The van der Waals surface area contributed by atoms with Gasteiger partial charge in [0.15, 0.2) is 5.75 Å². The van der Waals surface area contributed by atoms with Crippen LogP contribution in [-0.4, -0.2) is 30.3 Å². The van der Waals surface area contributed by atoms with Gasteiger partial charge in [-0.1, -0.05) is 6.92 Å². The molecule has 0 saturated carbocycles. The fraction of sp³-hybridized carbons (Fsp3) is 0.600. The van der Waals surface area contributed by atoms with Crippen LogP contribution >= 0.6 is 0 Å². The van der Waals surface area contributed by atoms with Crippen molar-refractivity contribution < 1.29 is 14.4 Å². The maximum absolute atomic E-state index is 11.0. The Bertz CT molecular complexity index is 475. The van der Waals surface area contributed by atoms with E-state index >= 15 is 0 Å². The number of nitrogens with zero attached hydrogens (tertiary/aromatic N) is 1. The van der Waals surface area contributed by atoms with E-state index < -0.39 is 4.92 Å². The fourth-order valence-electron chi connectivity index (χ4n) is 1.86. The number of rotatable bonds is 9. The molecule has 0 radical (unpaired) electrons. The van der Waals surface area contributed by atoms with Crippen LogP contribution in [0.3, 0.4) is 0 Å². The molecular formula is C15H24N2O4. The largest absolute Gasteiger partial charge is 0.487 e. The van der Waals surface area contributed by atoms with Crippen LogP contribution < -0.4 is 10.1 Å². The van der Waals surface area contributed by atoms with E-state index in [1.807, 2.05) is 27.7 Å². The third-order valence-electron chi connectivity index (χ3n) is 2.87. The zero-order chi connectivity index (χ0) is 15.9. The number of anilines is 1. The number of benzene rings is 1.